The Kier molecular flexibility index (Phi) is 20.0. The van der Waals surface area contributed by atoms with E-state index in [2.05, 4.69) is 52.7 Å². The predicted molar refractivity (Wildman–Crippen MR) is 170 cm³/mol. The lowest BCUT2D eigenvalue weighted by molar-refractivity contribution is 0.110. The van der Waals surface area contributed by atoms with Gasteiger partial charge in [0.2, 0.25) is 0 Å². The van der Waals surface area contributed by atoms with E-state index in [1.165, 1.54) is 110 Å². The van der Waals surface area contributed by atoms with Crippen molar-refractivity contribution in [1.29, 1.82) is 15.8 Å². The Bertz CT molecular complexity index is 888. The Morgan fingerprint density at radius 3 is 1.39 bits per heavy atom. The first kappa shape index (κ1) is 34.4. The Morgan fingerprint density at radius 2 is 1.17 bits per heavy atom. The van der Waals surface area contributed by atoms with E-state index in [9.17, 15) is 0 Å². The zero-order valence-electron chi connectivity index (χ0n) is 25.5. The van der Waals surface area contributed by atoms with E-state index in [1.807, 2.05) is 12.3 Å². The summed E-state index contributed by atoms with van der Waals surface area (Å²) < 4.78 is 0. The molecule has 0 aromatic heterocycles. The SMILES string of the molecule is C1=CCCCC1.C1=CCCCC1.C1CCNC1.N#CC1=CCC(N2CCC2)CC1.N#CC1=CCCC1.N#CN1CC1. The molecule has 0 bridgehead atoms. The summed E-state index contributed by atoms with van der Waals surface area (Å²) in [5.74, 6) is 0. The summed E-state index contributed by atoms with van der Waals surface area (Å²) in [6.45, 7) is 7.02. The minimum absolute atomic E-state index is 0.746. The van der Waals surface area contributed by atoms with Crippen molar-refractivity contribution in [2.45, 2.75) is 115 Å². The van der Waals surface area contributed by atoms with Crippen molar-refractivity contribution in [1.82, 2.24) is 15.1 Å². The van der Waals surface area contributed by atoms with Crippen LogP contribution in [0, 0.1) is 34.1 Å². The fourth-order valence-corrected chi connectivity index (χ4v) is 5.03. The highest BCUT2D eigenvalue weighted by molar-refractivity contribution is 5.23. The number of allylic oxidation sites excluding steroid dienone is 7. The second-order valence-electron chi connectivity index (χ2n) is 11.4. The van der Waals surface area contributed by atoms with Gasteiger partial charge in [-0.05, 0) is 135 Å². The lowest BCUT2D eigenvalue weighted by Crippen LogP contribution is -2.45. The summed E-state index contributed by atoms with van der Waals surface area (Å²) in [6.07, 6.45) is 36.8. The van der Waals surface area contributed by atoms with Crippen molar-refractivity contribution in [3.05, 3.63) is 47.6 Å². The summed E-state index contributed by atoms with van der Waals surface area (Å²) in [6, 6.07) is 5.11. The minimum atomic E-state index is 0.746. The monoisotopic (exact) mass is 558 g/mol. The van der Waals surface area contributed by atoms with Gasteiger partial charge in [0.25, 0.3) is 0 Å². The van der Waals surface area contributed by atoms with Crippen LogP contribution in [0.1, 0.15) is 109 Å². The van der Waals surface area contributed by atoms with Gasteiger partial charge in [0.05, 0.1) is 12.1 Å². The molecule has 3 heterocycles. The molecule has 7 aliphatic rings. The van der Waals surface area contributed by atoms with Gasteiger partial charge in [-0.1, -0.05) is 36.5 Å². The highest BCUT2D eigenvalue weighted by atomic mass is 15.2. The third-order valence-electron chi connectivity index (χ3n) is 7.98. The van der Waals surface area contributed by atoms with Gasteiger partial charge in [-0.25, -0.2) is 0 Å². The van der Waals surface area contributed by atoms with Crippen molar-refractivity contribution in [3.63, 3.8) is 0 Å². The molecule has 0 amide bonds. The Balaban J connectivity index is 0.000000178. The average Bonchev–Trinajstić information content (AvgIpc) is 3.41. The second kappa shape index (κ2) is 23.8. The lowest BCUT2D eigenvalue weighted by atomic mass is 9.93. The topological polar surface area (TPSA) is 89.7 Å². The second-order valence-corrected chi connectivity index (χ2v) is 11.4. The third kappa shape index (κ3) is 18.3. The van der Waals surface area contributed by atoms with Gasteiger partial charge in [-0.3, -0.25) is 4.90 Å². The Hall–Kier alpha value is -2.85. The molecule has 6 nitrogen and oxygen atoms in total. The summed E-state index contributed by atoms with van der Waals surface area (Å²) >= 11 is 0. The molecule has 1 unspecified atom stereocenters. The molecule has 0 radical (unpaired) electrons. The van der Waals surface area contributed by atoms with Crippen LogP contribution in [0.5, 0.6) is 0 Å². The molecular formula is C35H54N6. The van der Waals surface area contributed by atoms with Crippen LogP contribution in [0.15, 0.2) is 47.6 Å². The van der Waals surface area contributed by atoms with E-state index in [0.29, 0.717) is 0 Å². The predicted octanol–water partition coefficient (Wildman–Crippen LogP) is 7.70. The van der Waals surface area contributed by atoms with E-state index in [-0.39, 0.29) is 0 Å². The van der Waals surface area contributed by atoms with Gasteiger partial charge >= 0.3 is 0 Å². The Labute approximate surface area is 251 Å². The molecule has 4 aliphatic carbocycles. The highest BCUT2D eigenvalue weighted by Gasteiger charge is 2.25. The normalized spacial score (nSPS) is 23.3. The van der Waals surface area contributed by atoms with E-state index in [0.717, 1.165) is 56.0 Å². The average molecular weight is 559 g/mol. The zero-order valence-corrected chi connectivity index (χ0v) is 25.5. The molecule has 0 saturated carbocycles. The molecular weight excluding hydrogens is 504 g/mol. The number of hydrogen-bond donors (Lipinski definition) is 1. The summed E-state index contributed by atoms with van der Waals surface area (Å²) in [5, 5.41) is 28.0. The molecule has 0 aromatic rings. The van der Waals surface area contributed by atoms with E-state index < -0.39 is 0 Å². The fourth-order valence-electron chi connectivity index (χ4n) is 5.03. The molecule has 3 aliphatic heterocycles. The van der Waals surface area contributed by atoms with Gasteiger partial charge < -0.3 is 10.2 Å². The van der Waals surface area contributed by atoms with Gasteiger partial charge in [0, 0.05) is 30.3 Å². The van der Waals surface area contributed by atoms with Gasteiger partial charge in [-0.2, -0.15) is 15.8 Å². The fraction of sp³-hybridized carbons (Fsp3) is 0.686. The van der Waals surface area contributed by atoms with Crippen molar-refractivity contribution in [2.75, 3.05) is 39.3 Å². The van der Waals surface area contributed by atoms with Crippen LogP contribution in [0.25, 0.3) is 0 Å². The lowest BCUT2D eigenvalue weighted by Gasteiger charge is -2.39. The van der Waals surface area contributed by atoms with Crippen molar-refractivity contribution in [2.24, 2.45) is 0 Å². The third-order valence-corrected chi connectivity index (χ3v) is 7.98. The Morgan fingerprint density at radius 1 is 0.610 bits per heavy atom. The maximum atomic E-state index is 8.66. The largest absolute Gasteiger partial charge is 0.317 e. The molecule has 41 heavy (non-hydrogen) atoms. The number of nitrogens with one attached hydrogen (secondary N) is 1. The van der Waals surface area contributed by atoms with Crippen molar-refractivity contribution < 1.29 is 0 Å². The van der Waals surface area contributed by atoms with Gasteiger partial charge in [0.15, 0.2) is 6.19 Å². The molecule has 0 aromatic carbocycles. The van der Waals surface area contributed by atoms with Crippen LogP contribution in [-0.4, -0.2) is 55.1 Å². The molecule has 1 atom stereocenters. The first-order valence-electron chi connectivity index (χ1n) is 16.3. The first-order chi connectivity index (χ1) is 20.3. The quantitative estimate of drug-likeness (QED) is 0.201. The number of nitrogens with zero attached hydrogens (tertiary/aromatic N) is 5. The first-order valence-corrected chi connectivity index (χ1v) is 16.3. The van der Waals surface area contributed by atoms with Crippen LogP contribution in [0.2, 0.25) is 0 Å². The maximum Gasteiger partial charge on any atom is 0.179 e. The molecule has 3 saturated heterocycles. The molecule has 3 fully saturated rings. The van der Waals surface area contributed by atoms with Gasteiger partial charge in [0.1, 0.15) is 0 Å². The van der Waals surface area contributed by atoms with Crippen LogP contribution in [0.4, 0.5) is 0 Å². The van der Waals surface area contributed by atoms with Crippen LogP contribution in [0.3, 0.4) is 0 Å². The van der Waals surface area contributed by atoms with Crippen molar-refractivity contribution >= 4 is 0 Å². The van der Waals surface area contributed by atoms with Crippen LogP contribution in [-0.2, 0) is 0 Å². The summed E-state index contributed by atoms with van der Waals surface area (Å²) in [7, 11) is 0. The molecule has 7 rings (SSSR count). The molecule has 6 heteroatoms. The number of likely N-dealkylation sites (tertiary alicyclic amines) is 1. The maximum absolute atomic E-state index is 8.66. The highest BCUT2D eigenvalue weighted by Crippen LogP contribution is 2.25. The van der Waals surface area contributed by atoms with E-state index in [1.54, 1.807) is 4.90 Å². The minimum Gasteiger partial charge on any atom is -0.317 e. The standard InChI is InChI=1S/C10H14N2.C6H7N.2C6H10.C4H9N.C3H4N2/c11-8-9-2-4-10(5-3-9)12-6-1-7-12;7-5-6-3-1-2-4-6;2*1-2-4-6-5-3-1;1-2-4-5-3-1;4-3-5-1-2-5/h2,10H,1,3-7H2;3H,1-2,4H2;2*1-2H,3-6H2;5H,1-4H2;1-2H2. The number of nitriles is 3. The van der Waals surface area contributed by atoms with Gasteiger partial charge in [-0.15, -0.1) is 0 Å². The molecule has 224 valence electrons. The van der Waals surface area contributed by atoms with E-state index in [4.69, 9.17) is 15.8 Å². The van der Waals surface area contributed by atoms with E-state index >= 15 is 0 Å². The van der Waals surface area contributed by atoms with Crippen LogP contribution < -0.4 is 5.32 Å². The molecule has 1 N–H and O–H groups in total. The van der Waals surface area contributed by atoms with Crippen LogP contribution >= 0.6 is 0 Å². The zero-order chi connectivity index (χ0) is 29.2. The van der Waals surface area contributed by atoms with Crippen molar-refractivity contribution in [3.8, 4) is 18.3 Å². The number of rotatable bonds is 1. The summed E-state index contributed by atoms with van der Waals surface area (Å²) in [5.41, 5.74) is 1.96. The molecule has 0 spiro atoms. The smallest absolute Gasteiger partial charge is 0.179 e. The summed E-state index contributed by atoms with van der Waals surface area (Å²) in [4.78, 5) is 4.21. The number of hydrogen-bond acceptors (Lipinski definition) is 6.